The third kappa shape index (κ3) is 5.03. The number of carbonyl (C=O) groups is 2. The van der Waals surface area contributed by atoms with Crippen molar-refractivity contribution < 1.29 is 18.7 Å². The van der Waals surface area contributed by atoms with Crippen LogP contribution in [0, 0.1) is 5.82 Å². The molecule has 1 aliphatic rings. The Balaban J connectivity index is 1.51. The Morgan fingerprint density at radius 3 is 2.45 bits per heavy atom. The van der Waals surface area contributed by atoms with Gasteiger partial charge in [0, 0.05) is 23.7 Å². The van der Waals surface area contributed by atoms with Crippen molar-refractivity contribution in [2.75, 3.05) is 7.11 Å². The summed E-state index contributed by atoms with van der Waals surface area (Å²) < 4.78 is 18.7. The van der Waals surface area contributed by atoms with Crippen LogP contribution < -0.4 is 15.8 Å². The van der Waals surface area contributed by atoms with Gasteiger partial charge in [-0.05, 0) is 48.7 Å². The van der Waals surface area contributed by atoms with Crippen molar-refractivity contribution in [3.63, 3.8) is 0 Å². The molecule has 7 heteroatoms. The van der Waals surface area contributed by atoms with Gasteiger partial charge in [0.2, 0.25) is 0 Å². The molecule has 0 radical (unpaired) electrons. The van der Waals surface area contributed by atoms with E-state index in [2.05, 4.69) is 5.32 Å². The number of primary amides is 1. The lowest BCUT2D eigenvalue weighted by Gasteiger charge is -2.14. The number of hydrogen-bond acceptors (Lipinski definition) is 4. The van der Waals surface area contributed by atoms with Gasteiger partial charge >= 0.3 is 0 Å². The van der Waals surface area contributed by atoms with Gasteiger partial charge in [-0.1, -0.05) is 37.1 Å². The number of rotatable bonds is 7. The minimum Gasteiger partial charge on any atom is -0.496 e. The van der Waals surface area contributed by atoms with Gasteiger partial charge < -0.3 is 15.8 Å². The van der Waals surface area contributed by atoms with E-state index in [1.54, 1.807) is 6.07 Å². The number of nitrogens with one attached hydrogen (secondary N) is 1. The van der Waals surface area contributed by atoms with Crippen molar-refractivity contribution in [3.8, 4) is 17.0 Å². The van der Waals surface area contributed by atoms with Crippen molar-refractivity contribution in [2.45, 2.75) is 38.1 Å². The maximum Gasteiger partial charge on any atom is 0.255 e. The molecule has 4 rings (SSSR count). The Morgan fingerprint density at radius 1 is 1.06 bits per heavy atom. The predicted octanol–water partition coefficient (Wildman–Crippen LogP) is 4.58. The smallest absolute Gasteiger partial charge is 0.255 e. The zero-order valence-electron chi connectivity index (χ0n) is 18.4. The second-order valence-electron chi connectivity index (χ2n) is 8.20. The number of pyridine rings is 1. The number of ether oxygens (including phenoxy) is 1. The van der Waals surface area contributed by atoms with Gasteiger partial charge in [-0.15, -0.1) is 0 Å². The lowest BCUT2D eigenvalue weighted by Crippen LogP contribution is -2.23. The van der Waals surface area contributed by atoms with Crippen LogP contribution in [0.2, 0.25) is 0 Å². The van der Waals surface area contributed by atoms with Gasteiger partial charge in [0.15, 0.2) is 0 Å². The standard InChI is InChI=1S/C26H26FN3O3/c1-33-23-13-10-19(27)14-21(23)26(32)29-15-16-6-8-18(9-7-16)24-20(25(28)31)11-12-22(30-24)17-4-2-3-5-17/h6-14,17H,2-5,15H2,1H3,(H2,28,31)(H,29,32). The molecule has 0 atom stereocenters. The first kappa shape index (κ1) is 22.5. The van der Waals surface area contributed by atoms with Crippen LogP contribution in [-0.4, -0.2) is 23.9 Å². The van der Waals surface area contributed by atoms with Crippen molar-refractivity contribution in [2.24, 2.45) is 5.73 Å². The summed E-state index contributed by atoms with van der Waals surface area (Å²) in [7, 11) is 1.43. The van der Waals surface area contributed by atoms with Gasteiger partial charge in [0.05, 0.1) is 23.9 Å². The van der Waals surface area contributed by atoms with E-state index in [0.717, 1.165) is 35.7 Å². The lowest BCUT2D eigenvalue weighted by atomic mass is 9.98. The number of nitrogens with zero attached hydrogens (tertiary/aromatic N) is 1. The number of halogens is 1. The number of carbonyl (C=O) groups excluding carboxylic acids is 2. The molecule has 0 spiro atoms. The average Bonchev–Trinajstić information content (AvgIpc) is 3.37. The van der Waals surface area contributed by atoms with E-state index >= 15 is 0 Å². The normalized spacial score (nSPS) is 13.6. The van der Waals surface area contributed by atoms with Crippen LogP contribution in [0.5, 0.6) is 5.75 Å². The van der Waals surface area contributed by atoms with Gasteiger partial charge in [0.25, 0.3) is 11.8 Å². The van der Waals surface area contributed by atoms with E-state index < -0.39 is 17.6 Å². The molecule has 1 saturated carbocycles. The van der Waals surface area contributed by atoms with E-state index in [1.807, 2.05) is 30.3 Å². The highest BCUT2D eigenvalue weighted by molar-refractivity contribution is 5.99. The molecule has 6 nitrogen and oxygen atoms in total. The number of nitrogens with two attached hydrogens (primary N) is 1. The predicted molar refractivity (Wildman–Crippen MR) is 124 cm³/mol. The Labute approximate surface area is 192 Å². The molecule has 1 aromatic heterocycles. The summed E-state index contributed by atoms with van der Waals surface area (Å²) in [6, 6.07) is 14.9. The number of methoxy groups -OCH3 is 1. The first-order chi connectivity index (χ1) is 16.0. The summed E-state index contributed by atoms with van der Waals surface area (Å²) in [5, 5.41) is 2.78. The molecule has 2 amide bonds. The Morgan fingerprint density at radius 2 is 1.79 bits per heavy atom. The summed E-state index contributed by atoms with van der Waals surface area (Å²) in [6.07, 6.45) is 4.61. The lowest BCUT2D eigenvalue weighted by molar-refractivity contribution is 0.0946. The van der Waals surface area contributed by atoms with Crippen LogP contribution in [0.4, 0.5) is 4.39 Å². The number of hydrogen-bond donors (Lipinski definition) is 2. The van der Waals surface area contributed by atoms with Crippen LogP contribution in [0.1, 0.15) is 63.6 Å². The molecule has 0 unspecified atom stereocenters. The van der Waals surface area contributed by atoms with Crippen molar-refractivity contribution in [1.29, 1.82) is 0 Å². The zero-order chi connectivity index (χ0) is 23.4. The summed E-state index contributed by atoms with van der Waals surface area (Å²) >= 11 is 0. The molecule has 0 bridgehead atoms. The van der Waals surface area contributed by atoms with Gasteiger partial charge in [-0.25, -0.2) is 4.39 Å². The van der Waals surface area contributed by atoms with Gasteiger partial charge in [-0.3, -0.25) is 14.6 Å². The first-order valence-electron chi connectivity index (χ1n) is 11.0. The minimum atomic E-state index is -0.518. The van der Waals surface area contributed by atoms with Crippen molar-refractivity contribution in [1.82, 2.24) is 10.3 Å². The summed E-state index contributed by atoms with van der Waals surface area (Å²) in [4.78, 5) is 29.3. The van der Waals surface area contributed by atoms with Crippen LogP contribution in [0.25, 0.3) is 11.3 Å². The van der Waals surface area contributed by atoms with E-state index in [1.165, 1.54) is 32.1 Å². The number of amides is 2. The molecule has 3 aromatic rings. The quantitative estimate of drug-likeness (QED) is 0.554. The van der Waals surface area contributed by atoms with Gasteiger partial charge in [0.1, 0.15) is 11.6 Å². The second-order valence-corrected chi connectivity index (χ2v) is 8.20. The molecule has 0 aliphatic heterocycles. The van der Waals surface area contributed by atoms with Gasteiger partial charge in [-0.2, -0.15) is 0 Å². The molecule has 1 fully saturated rings. The molecule has 2 aromatic carbocycles. The average molecular weight is 448 g/mol. The molecular formula is C26H26FN3O3. The molecule has 1 aliphatic carbocycles. The minimum absolute atomic E-state index is 0.133. The summed E-state index contributed by atoms with van der Waals surface area (Å²) in [6.45, 7) is 0.247. The topological polar surface area (TPSA) is 94.3 Å². The molecule has 1 heterocycles. The van der Waals surface area contributed by atoms with Crippen molar-refractivity contribution >= 4 is 11.8 Å². The van der Waals surface area contributed by atoms with E-state index in [4.69, 9.17) is 15.5 Å². The monoisotopic (exact) mass is 447 g/mol. The zero-order valence-corrected chi connectivity index (χ0v) is 18.4. The van der Waals surface area contributed by atoms with Crippen LogP contribution in [0.3, 0.4) is 0 Å². The molecule has 33 heavy (non-hydrogen) atoms. The largest absolute Gasteiger partial charge is 0.496 e. The Bertz CT molecular complexity index is 1170. The van der Waals surface area contributed by atoms with E-state index in [-0.39, 0.29) is 12.1 Å². The fourth-order valence-electron chi connectivity index (χ4n) is 4.26. The maximum atomic E-state index is 13.6. The first-order valence-corrected chi connectivity index (χ1v) is 11.0. The number of aromatic nitrogens is 1. The fourth-order valence-corrected chi connectivity index (χ4v) is 4.26. The van der Waals surface area contributed by atoms with Crippen LogP contribution in [-0.2, 0) is 6.54 Å². The summed E-state index contributed by atoms with van der Waals surface area (Å²) in [5.41, 5.74) is 9.31. The van der Waals surface area contributed by atoms with Crippen LogP contribution >= 0.6 is 0 Å². The third-order valence-corrected chi connectivity index (χ3v) is 6.04. The molecule has 170 valence electrons. The van der Waals surface area contributed by atoms with E-state index in [9.17, 15) is 14.0 Å². The fraction of sp³-hybridized carbons (Fsp3) is 0.269. The SMILES string of the molecule is COc1ccc(F)cc1C(=O)NCc1ccc(-c2nc(C3CCCC3)ccc2C(N)=O)cc1. The van der Waals surface area contributed by atoms with E-state index in [0.29, 0.717) is 22.9 Å². The Kier molecular flexibility index (Phi) is 6.68. The Hall–Kier alpha value is -3.74. The highest BCUT2D eigenvalue weighted by atomic mass is 19.1. The highest BCUT2D eigenvalue weighted by Gasteiger charge is 2.21. The third-order valence-electron chi connectivity index (χ3n) is 6.04. The van der Waals surface area contributed by atoms with Crippen molar-refractivity contribution in [3.05, 3.63) is 82.8 Å². The van der Waals surface area contributed by atoms with Crippen LogP contribution in [0.15, 0.2) is 54.6 Å². The number of benzene rings is 2. The summed E-state index contributed by atoms with van der Waals surface area (Å²) in [5.74, 6) is -0.743. The molecule has 3 N–H and O–H groups in total. The molecular weight excluding hydrogens is 421 g/mol. The highest BCUT2D eigenvalue weighted by Crippen LogP contribution is 2.34. The molecule has 0 saturated heterocycles. The second kappa shape index (κ2) is 9.81. The maximum absolute atomic E-state index is 13.6.